The average Bonchev–Trinajstić information content (AvgIpc) is 3.04. The minimum absolute atomic E-state index is 0.120. The smallest absolute Gasteiger partial charge is 0.321 e. The summed E-state index contributed by atoms with van der Waals surface area (Å²) in [7, 11) is 0. The number of rotatable bonds is 6. The number of urea groups is 1. The second-order valence-electron chi connectivity index (χ2n) is 5.61. The number of nitrogens with one attached hydrogen (secondary N) is 2. The molecule has 1 aromatic heterocycles. The van der Waals surface area contributed by atoms with Crippen molar-refractivity contribution in [1.29, 1.82) is 0 Å². The summed E-state index contributed by atoms with van der Waals surface area (Å²) < 4.78 is 5.12. The Labute approximate surface area is 141 Å². The summed E-state index contributed by atoms with van der Waals surface area (Å²) in [4.78, 5) is 25.8. The SMILES string of the molecule is CCN(CC(=O)NC(=O)NCc1ccco1)c1ccc(C)cc1C. The van der Waals surface area contributed by atoms with E-state index in [1.807, 2.05) is 37.8 Å². The maximum Gasteiger partial charge on any atom is 0.321 e. The first-order valence-electron chi connectivity index (χ1n) is 7.92. The summed E-state index contributed by atoms with van der Waals surface area (Å²) in [5, 5.41) is 4.92. The van der Waals surface area contributed by atoms with Gasteiger partial charge in [-0.2, -0.15) is 0 Å². The normalized spacial score (nSPS) is 10.3. The Morgan fingerprint density at radius 3 is 2.62 bits per heavy atom. The zero-order valence-electron chi connectivity index (χ0n) is 14.3. The highest BCUT2D eigenvalue weighted by Crippen LogP contribution is 2.20. The van der Waals surface area contributed by atoms with Gasteiger partial charge in [-0.1, -0.05) is 17.7 Å². The van der Waals surface area contributed by atoms with E-state index in [1.165, 1.54) is 11.8 Å². The Hall–Kier alpha value is -2.76. The Morgan fingerprint density at radius 2 is 2.00 bits per heavy atom. The van der Waals surface area contributed by atoms with Gasteiger partial charge in [-0.15, -0.1) is 0 Å². The molecule has 0 fully saturated rings. The van der Waals surface area contributed by atoms with E-state index < -0.39 is 6.03 Å². The van der Waals surface area contributed by atoms with Gasteiger partial charge in [0.15, 0.2) is 0 Å². The summed E-state index contributed by atoms with van der Waals surface area (Å²) >= 11 is 0. The lowest BCUT2D eigenvalue weighted by Gasteiger charge is -2.24. The molecule has 1 heterocycles. The molecule has 6 heteroatoms. The van der Waals surface area contributed by atoms with Gasteiger partial charge < -0.3 is 14.6 Å². The lowest BCUT2D eigenvalue weighted by Crippen LogP contribution is -2.44. The maximum absolute atomic E-state index is 12.1. The van der Waals surface area contributed by atoms with Crippen LogP contribution in [0.25, 0.3) is 0 Å². The highest BCUT2D eigenvalue weighted by Gasteiger charge is 2.14. The van der Waals surface area contributed by atoms with E-state index in [9.17, 15) is 9.59 Å². The Kier molecular flexibility index (Phi) is 6.01. The molecule has 0 aliphatic carbocycles. The van der Waals surface area contributed by atoms with Crippen molar-refractivity contribution < 1.29 is 14.0 Å². The number of likely N-dealkylation sites (N-methyl/N-ethyl adjacent to an activating group) is 1. The third-order valence-electron chi connectivity index (χ3n) is 3.67. The van der Waals surface area contributed by atoms with E-state index in [2.05, 4.69) is 16.7 Å². The van der Waals surface area contributed by atoms with E-state index in [0.717, 1.165) is 11.3 Å². The molecule has 0 spiro atoms. The number of imide groups is 1. The quantitative estimate of drug-likeness (QED) is 0.854. The van der Waals surface area contributed by atoms with Crippen LogP contribution in [-0.2, 0) is 11.3 Å². The van der Waals surface area contributed by atoms with Crippen molar-refractivity contribution in [3.8, 4) is 0 Å². The fourth-order valence-electron chi connectivity index (χ4n) is 2.49. The monoisotopic (exact) mass is 329 g/mol. The number of nitrogens with zero attached hydrogens (tertiary/aromatic N) is 1. The summed E-state index contributed by atoms with van der Waals surface area (Å²) in [6, 6.07) is 9.04. The first kappa shape index (κ1) is 17.6. The zero-order chi connectivity index (χ0) is 17.5. The second-order valence-corrected chi connectivity index (χ2v) is 5.61. The first-order chi connectivity index (χ1) is 11.5. The number of carbonyl (C=O) groups excluding carboxylic acids is 2. The van der Waals surface area contributed by atoms with Crippen LogP contribution in [0.5, 0.6) is 0 Å². The predicted octanol–water partition coefficient (Wildman–Crippen LogP) is 2.75. The topological polar surface area (TPSA) is 74.6 Å². The van der Waals surface area contributed by atoms with E-state index in [1.54, 1.807) is 12.1 Å². The molecule has 6 nitrogen and oxygen atoms in total. The number of hydrogen-bond donors (Lipinski definition) is 2. The molecule has 2 rings (SSSR count). The number of aryl methyl sites for hydroxylation is 2. The van der Waals surface area contributed by atoms with Gasteiger partial charge in [0.2, 0.25) is 5.91 Å². The van der Waals surface area contributed by atoms with Gasteiger partial charge in [-0.3, -0.25) is 10.1 Å². The van der Waals surface area contributed by atoms with Crippen LogP contribution in [-0.4, -0.2) is 25.0 Å². The molecular weight excluding hydrogens is 306 g/mol. The van der Waals surface area contributed by atoms with Crippen molar-refractivity contribution in [3.05, 3.63) is 53.5 Å². The van der Waals surface area contributed by atoms with Crippen molar-refractivity contribution >= 4 is 17.6 Å². The molecule has 2 N–H and O–H groups in total. The minimum atomic E-state index is -0.534. The molecule has 1 aromatic carbocycles. The van der Waals surface area contributed by atoms with Crippen LogP contribution in [0.2, 0.25) is 0 Å². The molecule has 3 amide bonds. The van der Waals surface area contributed by atoms with Crippen molar-refractivity contribution in [1.82, 2.24) is 10.6 Å². The van der Waals surface area contributed by atoms with E-state index in [4.69, 9.17) is 4.42 Å². The molecule has 24 heavy (non-hydrogen) atoms. The molecule has 0 radical (unpaired) electrons. The van der Waals surface area contributed by atoms with Gasteiger partial charge in [0.05, 0.1) is 19.4 Å². The molecule has 0 atom stereocenters. The molecule has 0 saturated carbocycles. The zero-order valence-corrected chi connectivity index (χ0v) is 14.3. The fourth-order valence-corrected chi connectivity index (χ4v) is 2.49. The molecule has 0 unspecified atom stereocenters. The summed E-state index contributed by atoms with van der Waals surface area (Å²) in [5.41, 5.74) is 3.27. The Morgan fingerprint density at radius 1 is 1.21 bits per heavy atom. The molecule has 0 saturated heterocycles. The van der Waals surface area contributed by atoms with Crippen molar-refractivity contribution in [2.45, 2.75) is 27.3 Å². The van der Waals surface area contributed by atoms with Gasteiger partial charge in [-0.25, -0.2) is 4.79 Å². The van der Waals surface area contributed by atoms with E-state index >= 15 is 0 Å². The van der Waals surface area contributed by atoms with Gasteiger partial charge in [0.1, 0.15) is 5.76 Å². The predicted molar refractivity (Wildman–Crippen MR) is 92.9 cm³/mol. The van der Waals surface area contributed by atoms with E-state index in [0.29, 0.717) is 12.3 Å². The van der Waals surface area contributed by atoms with Gasteiger partial charge in [0.25, 0.3) is 0 Å². The van der Waals surface area contributed by atoms with Crippen LogP contribution >= 0.6 is 0 Å². The Balaban J connectivity index is 1.88. The van der Waals surface area contributed by atoms with Crippen LogP contribution in [0.15, 0.2) is 41.0 Å². The lowest BCUT2D eigenvalue weighted by molar-refractivity contribution is -0.118. The molecule has 0 aliphatic heterocycles. The van der Waals surface area contributed by atoms with Crippen molar-refractivity contribution in [2.75, 3.05) is 18.0 Å². The van der Waals surface area contributed by atoms with Gasteiger partial charge >= 0.3 is 6.03 Å². The van der Waals surface area contributed by atoms with Crippen LogP contribution in [0, 0.1) is 13.8 Å². The van der Waals surface area contributed by atoms with Gasteiger partial charge in [-0.05, 0) is 44.5 Å². The van der Waals surface area contributed by atoms with Crippen molar-refractivity contribution in [3.63, 3.8) is 0 Å². The highest BCUT2D eigenvalue weighted by molar-refractivity contribution is 5.96. The lowest BCUT2D eigenvalue weighted by atomic mass is 10.1. The summed E-state index contributed by atoms with van der Waals surface area (Å²) in [5.74, 6) is 0.275. The standard InChI is InChI=1S/C18H23N3O3/c1-4-21(16-8-7-13(2)10-14(16)3)12-17(22)20-18(23)19-11-15-6-5-9-24-15/h5-10H,4,11-12H2,1-3H3,(H2,19,20,22,23). The number of hydrogen-bond acceptors (Lipinski definition) is 4. The van der Waals surface area contributed by atoms with Crippen LogP contribution in [0.1, 0.15) is 23.8 Å². The number of amides is 3. The summed E-state index contributed by atoms with van der Waals surface area (Å²) in [6.07, 6.45) is 1.53. The third-order valence-corrected chi connectivity index (χ3v) is 3.67. The van der Waals surface area contributed by atoms with E-state index in [-0.39, 0.29) is 19.0 Å². The van der Waals surface area contributed by atoms with Crippen molar-refractivity contribution in [2.24, 2.45) is 0 Å². The van der Waals surface area contributed by atoms with Crippen LogP contribution < -0.4 is 15.5 Å². The number of anilines is 1. The number of carbonyl (C=O) groups is 2. The molecule has 2 aromatic rings. The Bertz CT molecular complexity index is 696. The summed E-state index contributed by atoms with van der Waals surface area (Å²) in [6.45, 7) is 7.05. The van der Waals surface area contributed by atoms with Crippen LogP contribution in [0.3, 0.4) is 0 Å². The molecular formula is C18H23N3O3. The van der Waals surface area contributed by atoms with Crippen LogP contribution in [0.4, 0.5) is 10.5 Å². The fraction of sp³-hybridized carbons (Fsp3) is 0.333. The highest BCUT2D eigenvalue weighted by atomic mass is 16.3. The second kappa shape index (κ2) is 8.19. The molecule has 128 valence electrons. The molecule has 0 bridgehead atoms. The molecule has 0 aliphatic rings. The first-order valence-corrected chi connectivity index (χ1v) is 7.92. The minimum Gasteiger partial charge on any atom is -0.467 e. The van der Waals surface area contributed by atoms with Gasteiger partial charge in [0, 0.05) is 12.2 Å². The average molecular weight is 329 g/mol. The number of furan rings is 1. The largest absolute Gasteiger partial charge is 0.467 e. The maximum atomic E-state index is 12.1. The number of benzene rings is 1. The third kappa shape index (κ3) is 4.87.